The molecule has 7 heteroatoms. The molecule has 0 fully saturated rings. The summed E-state index contributed by atoms with van der Waals surface area (Å²) in [6.07, 6.45) is 0. The van der Waals surface area contributed by atoms with Gasteiger partial charge in [-0.05, 0) is 23.8 Å². The number of carbonyl (C=O) groups excluding carboxylic acids is 1. The molecule has 0 radical (unpaired) electrons. The quantitative estimate of drug-likeness (QED) is 0.669. The zero-order chi connectivity index (χ0) is 18.7. The second kappa shape index (κ2) is 5.34. The van der Waals surface area contributed by atoms with Crippen molar-refractivity contribution in [1.82, 2.24) is 0 Å². The van der Waals surface area contributed by atoms with Crippen molar-refractivity contribution >= 4 is 23.2 Å². The molecule has 28 heavy (non-hydrogen) atoms. The van der Waals surface area contributed by atoms with E-state index < -0.39 is 12.0 Å². The summed E-state index contributed by atoms with van der Waals surface area (Å²) in [6, 6.07) is 22.9. The normalized spacial score (nSPS) is 23.9. The summed E-state index contributed by atoms with van der Waals surface area (Å²) in [6.45, 7) is 0. The van der Waals surface area contributed by atoms with Gasteiger partial charge in [-0.15, -0.1) is 0 Å². The summed E-state index contributed by atoms with van der Waals surface area (Å²) in [5.41, 5.74) is 7.46. The Balaban J connectivity index is 1.60. The molecule has 6 rings (SSSR count). The first-order valence-electron chi connectivity index (χ1n) is 8.90. The summed E-state index contributed by atoms with van der Waals surface area (Å²) in [4.78, 5) is 12.7. The zero-order valence-electron chi connectivity index (χ0n) is 14.6. The van der Waals surface area contributed by atoms with Gasteiger partial charge in [-0.2, -0.15) is 5.01 Å². The summed E-state index contributed by atoms with van der Waals surface area (Å²) >= 11 is 0. The third kappa shape index (κ3) is 1.91. The number of hydrogen-bond donors (Lipinski definition) is 1. The number of quaternary nitrogens is 1. The van der Waals surface area contributed by atoms with Gasteiger partial charge < -0.3 is 14.6 Å². The van der Waals surface area contributed by atoms with Crippen LogP contribution in [0, 0.1) is 0 Å². The number of hydrogen-bond acceptors (Lipinski definition) is 5. The Kier molecular flexibility index (Phi) is 2.91. The lowest BCUT2D eigenvalue weighted by Gasteiger charge is -2.48. The van der Waals surface area contributed by atoms with Crippen LogP contribution in [0.3, 0.4) is 0 Å². The average Bonchev–Trinajstić information content (AvgIpc) is 3.07. The minimum atomic E-state index is -1.53. The van der Waals surface area contributed by atoms with Gasteiger partial charge in [0.1, 0.15) is 0 Å². The molecule has 0 aliphatic carbocycles. The Morgan fingerprint density at radius 3 is 2.54 bits per heavy atom. The number of nitrogens with one attached hydrogen (secondary N) is 1. The average molecular weight is 370 g/mol. The van der Waals surface area contributed by atoms with Crippen LogP contribution in [0.15, 0.2) is 84.0 Å². The van der Waals surface area contributed by atoms with Crippen molar-refractivity contribution in [3.05, 3.63) is 95.4 Å². The van der Waals surface area contributed by atoms with Gasteiger partial charge in [0.25, 0.3) is 0 Å². The van der Waals surface area contributed by atoms with E-state index in [1.54, 1.807) is 17.1 Å². The second-order valence-corrected chi connectivity index (χ2v) is 6.65. The molecule has 0 bridgehead atoms. The van der Waals surface area contributed by atoms with Crippen molar-refractivity contribution in [2.24, 2.45) is 5.10 Å². The standard InChI is InChI=1S/C21H14N4O3/c26-20-15-10-4-5-11-16(15)24-21(28-20)25(17-12-6-7-13-18(17)27-21)23-19(22-24)14-8-2-1-3-9-14/h1-13,25H. The van der Waals surface area contributed by atoms with Gasteiger partial charge in [-0.3, -0.25) is 5.43 Å². The lowest BCUT2D eigenvalue weighted by Crippen LogP contribution is -3.17. The number of benzene rings is 3. The van der Waals surface area contributed by atoms with Crippen molar-refractivity contribution < 1.29 is 19.3 Å². The minimum Gasteiger partial charge on any atom is -0.381 e. The molecule has 1 N–H and O–H groups in total. The lowest BCUT2D eigenvalue weighted by molar-refractivity contribution is -0.896. The Morgan fingerprint density at radius 1 is 0.893 bits per heavy atom. The largest absolute Gasteiger partial charge is 0.523 e. The third-order valence-corrected chi connectivity index (χ3v) is 5.00. The van der Waals surface area contributed by atoms with E-state index >= 15 is 0 Å². The minimum absolute atomic E-state index is 0.435. The van der Waals surface area contributed by atoms with Gasteiger partial charge in [-0.1, -0.05) is 54.6 Å². The molecule has 2 atom stereocenters. The first kappa shape index (κ1) is 15.2. The molecule has 0 amide bonds. The molecular weight excluding hydrogens is 356 g/mol. The molecule has 7 nitrogen and oxygen atoms in total. The van der Waals surface area contributed by atoms with Crippen LogP contribution in [0.1, 0.15) is 15.9 Å². The Morgan fingerprint density at radius 2 is 1.64 bits per heavy atom. The maximum Gasteiger partial charge on any atom is 0.523 e. The number of anilines is 1. The monoisotopic (exact) mass is 370 g/mol. The maximum absolute atomic E-state index is 12.7. The molecule has 3 aliphatic heterocycles. The Bertz CT molecular complexity index is 1150. The van der Waals surface area contributed by atoms with Gasteiger partial charge in [0.05, 0.1) is 11.3 Å². The molecule has 3 aromatic rings. The second-order valence-electron chi connectivity index (χ2n) is 6.65. The number of rotatable bonds is 1. The Labute approximate surface area is 160 Å². The molecule has 136 valence electrons. The smallest absolute Gasteiger partial charge is 0.381 e. The number of amidine groups is 1. The van der Waals surface area contributed by atoms with E-state index in [2.05, 4.69) is 0 Å². The SMILES string of the molecule is O=C1OC23Oc4ccccc4[NH+]2[N-]C(c2ccccc2)=NN3c2ccccc21. The zero-order valence-corrected chi connectivity index (χ0v) is 14.6. The van der Waals surface area contributed by atoms with Gasteiger partial charge in [0.2, 0.25) is 0 Å². The molecule has 3 heterocycles. The van der Waals surface area contributed by atoms with Gasteiger partial charge in [0.15, 0.2) is 11.4 Å². The number of para-hydroxylation sites is 3. The predicted molar refractivity (Wildman–Crippen MR) is 101 cm³/mol. The number of fused-ring (bicyclic) bond motifs is 4. The highest BCUT2D eigenvalue weighted by Crippen LogP contribution is 2.42. The number of esters is 1. The highest BCUT2D eigenvalue weighted by atomic mass is 16.8. The summed E-state index contributed by atoms with van der Waals surface area (Å²) in [7, 11) is 0. The molecule has 0 aromatic heterocycles. The number of carbonyl (C=O) groups is 1. The van der Waals surface area contributed by atoms with Crippen LogP contribution >= 0.6 is 0 Å². The first-order chi connectivity index (χ1) is 13.8. The van der Waals surface area contributed by atoms with Crippen LogP contribution in [0.5, 0.6) is 5.75 Å². The van der Waals surface area contributed by atoms with Crippen molar-refractivity contribution in [2.45, 2.75) is 6.03 Å². The fraction of sp³-hybridized carbons (Fsp3) is 0.0476. The number of hydrazone groups is 1. The predicted octanol–water partition coefficient (Wildman–Crippen LogP) is 2.55. The van der Waals surface area contributed by atoms with E-state index in [1.807, 2.05) is 66.7 Å². The van der Waals surface area contributed by atoms with Gasteiger partial charge >= 0.3 is 12.0 Å². The van der Waals surface area contributed by atoms with E-state index in [-0.39, 0.29) is 0 Å². The van der Waals surface area contributed by atoms with E-state index in [0.717, 1.165) is 11.3 Å². The third-order valence-electron chi connectivity index (χ3n) is 5.00. The molecular formula is C21H14N4O3. The van der Waals surface area contributed by atoms with Crippen LogP contribution in [0.2, 0.25) is 0 Å². The molecule has 0 saturated carbocycles. The summed E-state index contributed by atoms with van der Waals surface area (Å²) < 4.78 is 12.0. The van der Waals surface area contributed by atoms with Crippen LogP contribution in [-0.2, 0) is 4.74 Å². The van der Waals surface area contributed by atoms with Crippen LogP contribution < -0.4 is 14.8 Å². The maximum atomic E-state index is 12.7. The Hall–Kier alpha value is -3.84. The van der Waals surface area contributed by atoms with Crippen LogP contribution in [0.4, 0.5) is 11.4 Å². The van der Waals surface area contributed by atoms with Crippen molar-refractivity contribution in [2.75, 3.05) is 5.01 Å². The lowest BCUT2D eigenvalue weighted by atomic mass is 10.1. The van der Waals surface area contributed by atoms with Gasteiger partial charge in [0, 0.05) is 11.9 Å². The molecule has 0 saturated heterocycles. The van der Waals surface area contributed by atoms with E-state index in [1.165, 1.54) is 0 Å². The molecule has 2 unspecified atom stereocenters. The molecule has 3 aromatic carbocycles. The van der Waals surface area contributed by atoms with E-state index in [4.69, 9.17) is 20.0 Å². The summed E-state index contributed by atoms with van der Waals surface area (Å²) in [5, 5.41) is 6.86. The first-order valence-corrected chi connectivity index (χ1v) is 8.90. The van der Waals surface area contributed by atoms with Gasteiger partial charge in [-0.25, -0.2) is 9.80 Å². The fourth-order valence-electron chi connectivity index (χ4n) is 3.73. The van der Waals surface area contributed by atoms with E-state index in [9.17, 15) is 4.79 Å². The van der Waals surface area contributed by atoms with Crippen LogP contribution in [-0.4, -0.2) is 17.8 Å². The van der Waals surface area contributed by atoms with Crippen molar-refractivity contribution in [3.8, 4) is 5.75 Å². The van der Waals surface area contributed by atoms with Crippen molar-refractivity contribution in [1.29, 1.82) is 0 Å². The molecule has 1 spiro atoms. The molecule has 3 aliphatic rings. The number of nitrogens with zero attached hydrogens (tertiary/aromatic N) is 3. The van der Waals surface area contributed by atoms with Crippen molar-refractivity contribution in [3.63, 3.8) is 0 Å². The van der Waals surface area contributed by atoms with E-state index in [0.29, 0.717) is 27.8 Å². The fourth-order valence-corrected chi connectivity index (χ4v) is 3.73. The number of ether oxygens (including phenoxy) is 2. The topological polar surface area (TPSA) is 69.7 Å². The highest BCUT2D eigenvalue weighted by Gasteiger charge is 2.63. The van der Waals surface area contributed by atoms with Crippen LogP contribution in [0.25, 0.3) is 5.43 Å². The summed E-state index contributed by atoms with van der Waals surface area (Å²) in [5.74, 6) is 0.660. The highest BCUT2D eigenvalue weighted by molar-refractivity contribution is 6.08.